The minimum absolute atomic E-state index is 0.113. The van der Waals surface area contributed by atoms with Gasteiger partial charge >= 0.3 is 17.4 Å². The lowest BCUT2D eigenvalue weighted by molar-refractivity contribution is -0.148. The Bertz CT molecular complexity index is 1360. The van der Waals surface area contributed by atoms with Gasteiger partial charge in [0.25, 0.3) is 0 Å². The number of carbonyl (C=O) groups is 1. The number of fused-ring (bicyclic) bond motifs is 2. The second-order valence-electron chi connectivity index (χ2n) is 6.96. The second kappa shape index (κ2) is 7.09. The number of aromatic nitrogens is 1. The van der Waals surface area contributed by atoms with Crippen molar-refractivity contribution in [3.8, 4) is 0 Å². The quantitative estimate of drug-likeness (QED) is 0.388. The van der Waals surface area contributed by atoms with Crippen LogP contribution in [0, 0.1) is 13.8 Å². The van der Waals surface area contributed by atoms with Crippen LogP contribution in [0.25, 0.3) is 22.1 Å². The van der Waals surface area contributed by atoms with E-state index in [-0.39, 0.29) is 6.61 Å². The summed E-state index contributed by atoms with van der Waals surface area (Å²) in [7, 11) is 0. The number of oxazole rings is 1. The number of carbonyl (C=O) groups excluding carboxylic acids is 1. The lowest BCUT2D eigenvalue weighted by atomic mass is 10.0. The van der Waals surface area contributed by atoms with E-state index in [0.29, 0.717) is 27.6 Å². The highest BCUT2D eigenvalue weighted by Gasteiger charge is 2.23. The number of para-hydroxylation sites is 2. The molecule has 0 aliphatic heterocycles. The Morgan fingerprint density at radius 1 is 1.10 bits per heavy atom. The van der Waals surface area contributed by atoms with E-state index in [4.69, 9.17) is 13.6 Å². The first-order valence-electron chi connectivity index (χ1n) is 9.16. The van der Waals surface area contributed by atoms with E-state index >= 15 is 0 Å². The number of aryl methyl sites for hydroxylation is 2. The molecule has 0 amide bonds. The van der Waals surface area contributed by atoms with Crippen molar-refractivity contribution in [2.24, 2.45) is 0 Å². The molecule has 2 aromatic carbocycles. The number of rotatable bonds is 4. The fraction of sp³-hybridized carbons (Fsp3) is 0.227. The standard InChI is InChI=1S/C22H19NO6/c1-12-8-9-16-15(10-19(24)29-20(16)13(12)2)11-27-21(25)14(3)23-17-6-4-5-7-18(17)28-22(23)26/h4-10,14H,11H2,1-3H3/t14-/m1/s1. The smallest absolute Gasteiger partial charge is 0.420 e. The van der Waals surface area contributed by atoms with E-state index < -0.39 is 23.4 Å². The molecule has 29 heavy (non-hydrogen) atoms. The summed E-state index contributed by atoms with van der Waals surface area (Å²) < 4.78 is 17.2. The van der Waals surface area contributed by atoms with Crippen molar-refractivity contribution in [3.05, 3.63) is 80.1 Å². The third-order valence-electron chi connectivity index (χ3n) is 5.13. The lowest BCUT2D eigenvalue weighted by Crippen LogP contribution is -2.26. The molecule has 4 aromatic rings. The zero-order valence-corrected chi connectivity index (χ0v) is 16.2. The summed E-state index contributed by atoms with van der Waals surface area (Å²) in [4.78, 5) is 36.8. The Hall–Kier alpha value is -3.61. The molecule has 0 bridgehead atoms. The van der Waals surface area contributed by atoms with Crippen LogP contribution in [0.15, 0.2) is 60.9 Å². The molecule has 0 N–H and O–H groups in total. The van der Waals surface area contributed by atoms with Crippen molar-refractivity contribution in [3.63, 3.8) is 0 Å². The van der Waals surface area contributed by atoms with Crippen molar-refractivity contribution < 1.29 is 18.4 Å². The van der Waals surface area contributed by atoms with E-state index in [1.165, 1.54) is 10.6 Å². The molecule has 7 heteroatoms. The Balaban J connectivity index is 1.63. The summed E-state index contributed by atoms with van der Waals surface area (Å²) in [5.41, 5.74) is 3.28. The summed E-state index contributed by atoms with van der Waals surface area (Å²) in [5.74, 6) is -1.24. The van der Waals surface area contributed by atoms with E-state index in [2.05, 4.69) is 0 Å². The molecule has 1 atom stereocenters. The van der Waals surface area contributed by atoms with Crippen molar-refractivity contribution in [1.82, 2.24) is 4.57 Å². The van der Waals surface area contributed by atoms with Crippen molar-refractivity contribution in [2.45, 2.75) is 33.4 Å². The first-order chi connectivity index (χ1) is 13.9. The molecule has 148 valence electrons. The highest BCUT2D eigenvalue weighted by atomic mass is 16.5. The maximum absolute atomic E-state index is 12.6. The van der Waals surface area contributed by atoms with Gasteiger partial charge in [-0.15, -0.1) is 0 Å². The predicted octanol–water partition coefficient (Wildman–Crippen LogP) is 3.62. The molecular formula is C22H19NO6. The second-order valence-corrected chi connectivity index (χ2v) is 6.96. The molecule has 0 saturated carbocycles. The summed E-state index contributed by atoms with van der Waals surface area (Å²) >= 11 is 0. The Kier molecular flexibility index (Phi) is 4.58. The molecule has 0 saturated heterocycles. The van der Waals surface area contributed by atoms with Gasteiger partial charge in [-0.3, -0.25) is 4.57 Å². The van der Waals surface area contributed by atoms with Gasteiger partial charge in [0.2, 0.25) is 0 Å². The molecule has 0 aliphatic rings. The summed E-state index contributed by atoms with van der Waals surface area (Å²) in [5, 5.41) is 0.707. The number of esters is 1. The SMILES string of the molecule is Cc1ccc2c(COC(=O)[C@@H](C)n3c(=O)oc4ccccc43)cc(=O)oc2c1C. The first kappa shape index (κ1) is 18.7. The van der Waals surface area contributed by atoms with Crippen LogP contribution in [-0.4, -0.2) is 10.5 Å². The van der Waals surface area contributed by atoms with Gasteiger partial charge in [0, 0.05) is 17.0 Å². The summed E-state index contributed by atoms with van der Waals surface area (Å²) in [6.45, 7) is 5.25. The number of ether oxygens (including phenoxy) is 1. The Morgan fingerprint density at radius 3 is 2.66 bits per heavy atom. The third kappa shape index (κ3) is 3.24. The van der Waals surface area contributed by atoms with Gasteiger partial charge in [-0.25, -0.2) is 14.4 Å². The van der Waals surface area contributed by atoms with E-state index in [1.54, 1.807) is 31.2 Å². The number of benzene rings is 2. The first-order valence-corrected chi connectivity index (χ1v) is 9.16. The van der Waals surface area contributed by atoms with Crippen LogP contribution in [0.4, 0.5) is 0 Å². The van der Waals surface area contributed by atoms with Crippen LogP contribution >= 0.6 is 0 Å². The van der Waals surface area contributed by atoms with E-state index in [9.17, 15) is 14.4 Å². The molecule has 0 unspecified atom stereocenters. The van der Waals surface area contributed by atoms with E-state index in [1.807, 2.05) is 26.0 Å². The van der Waals surface area contributed by atoms with Gasteiger partial charge in [0.05, 0.1) is 5.52 Å². The fourth-order valence-electron chi connectivity index (χ4n) is 3.37. The van der Waals surface area contributed by atoms with Gasteiger partial charge in [-0.05, 0) is 44.0 Å². The van der Waals surface area contributed by atoms with Crippen LogP contribution in [-0.2, 0) is 16.1 Å². The number of hydrogen-bond donors (Lipinski definition) is 0. The van der Waals surface area contributed by atoms with Crippen molar-refractivity contribution >= 4 is 28.0 Å². The van der Waals surface area contributed by atoms with Crippen LogP contribution in [0.3, 0.4) is 0 Å². The summed E-state index contributed by atoms with van der Waals surface area (Å²) in [6.07, 6.45) is 0. The topological polar surface area (TPSA) is 91.6 Å². The van der Waals surface area contributed by atoms with Gasteiger partial charge in [-0.1, -0.05) is 24.3 Å². The molecule has 4 rings (SSSR count). The highest BCUT2D eigenvalue weighted by molar-refractivity contribution is 5.84. The molecule has 0 aliphatic carbocycles. The summed E-state index contributed by atoms with van der Waals surface area (Å²) in [6, 6.07) is 11.0. The van der Waals surface area contributed by atoms with Crippen LogP contribution in [0.1, 0.15) is 29.7 Å². The third-order valence-corrected chi connectivity index (χ3v) is 5.13. The van der Waals surface area contributed by atoms with Gasteiger partial charge in [0.1, 0.15) is 18.2 Å². The minimum atomic E-state index is -0.887. The normalized spacial score (nSPS) is 12.4. The Morgan fingerprint density at radius 2 is 1.86 bits per heavy atom. The molecule has 7 nitrogen and oxygen atoms in total. The maximum atomic E-state index is 12.6. The van der Waals surface area contributed by atoms with Crippen LogP contribution < -0.4 is 11.4 Å². The molecule has 0 radical (unpaired) electrons. The maximum Gasteiger partial charge on any atom is 0.420 e. The van der Waals surface area contributed by atoms with Gasteiger partial charge in [-0.2, -0.15) is 0 Å². The number of nitrogens with zero attached hydrogens (tertiary/aromatic N) is 1. The Labute approximate surface area is 165 Å². The zero-order chi connectivity index (χ0) is 20.7. The lowest BCUT2D eigenvalue weighted by Gasteiger charge is -2.13. The van der Waals surface area contributed by atoms with Crippen molar-refractivity contribution in [2.75, 3.05) is 0 Å². The van der Waals surface area contributed by atoms with Crippen LogP contribution in [0.2, 0.25) is 0 Å². The molecule has 0 spiro atoms. The van der Waals surface area contributed by atoms with Crippen LogP contribution in [0.5, 0.6) is 0 Å². The zero-order valence-electron chi connectivity index (χ0n) is 16.2. The predicted molar refractivity (Wildman–Crippen MR) is 107 cm³/mol. The van der Waals surface area contributed by atoms with E-state index in [0.717, 1.165) is 11.1 Å². The molecule has 2 aromatic heterocycles. The van der Waals surface area contributed by atoms with Gasteiger partial charge in [0.15, 0.2) is 5.58 Å². The largest absolute Gasteiger partial charge is 0.459 e. The molecule has 2 heterocycles. The molecule has 0 fully saturated rings. The van der Waals surface area contributed by atoms with Gasteiger partial charge < -0.3 is 13.6 Å². The monoisotopic (exact) mass is 393 g/mol. The fourth-order valence-corrected chi connectivity index (χ4v) is 3.37. The highest BCUT2D eigenvalue weighted by Crippen LogP contribution is 2.24. The average Bonchev–Trinajstić information content (AvgIpc) is 3.04. The molecular weight excluding hydrogens is 374 g/mol. The average molecular weight is 393 g/mol. The minimum Gasteiger partial charge on any atom is -0.459 e. The van der Waals surface area contributed by atoms with Crippen molar-refractivity contribution in [1.29, 1.82) is 0 Å². The number of hydrogen-bond acceptors (Lipinski definition) is 6.